The normalized spacial score (nSPS) is 17.8. The monoisotopic (exact) mass is 265 g/mol. The van der Waals surface area contributed by atoms with Crippen LogP contribution in [-0.4, -0.2) is 23.6 Å². The molecule has 0 aliphatic heterocycles. The summed E-state index contributed by atoms with van der Waals surface area (Å²) in [7, 11) is 1.70. The van der Waals surface area contributed by atoms with Gasteiger partial charge in [-0.2, -0.15) is 0 Å². The number of nitrogens with one attached hydrogen (secondary N) is 2. The Balaban J connectivity index is 2.23. The van der Waals surface area contributed by atoms with Crippen molar-refractivity contribution in [3.63, 3.8) is 0 Å². The number of rotatable bonds is 6. The van der Waals surface area contributed by atoms with Gasteiger partial charge in [-0.3, -0.25) is 4.79 Å². The first-order valence-electron chi connectivity index (χ1n) is 7.07. The molecule has 1 saturated carbocycles. The summed E-state index contributed by atoms with van der Waals surface area (Å²) in [5.41, 5.74) is 0.303. The predicted octanol–water partition coefficient (Wildman–Crippen LogP) is 1.69. The molecule has 19 heavy (non-hydrogen) atoms. The zero-order valence-corrected chi connectivity index (χ0v) is 11.8. The van der Waals surface area contributed by atoms with Crippen molar-refractivity contribution in [3.8, 4) is 0 Å². The average Bonchev–Trinajstić information content (AvgIpc) is 2.88. The first kappa shape index (κ1) is 14.2. The van der Waals surface area contributed by atoms with Crippen LogP contribution in [0, 0.1) is 0 Å². The molecule has 1 fully saturated rings. The van der Waals surface area contributed by atoms with Crippen molar-refractivity contribution in [1.29, 1.82) is 0 Å². The third kappa shape index (κ3) is 3.22. The molecular formula is C14H23N3O2. The molecule has 0 spiro atoms. The highest BCUT2D eigenvalue weighted by Crippen LogP contribution is 2.39. The summed E-state index contributed by atoms with van der Waals surface area (Å²) in [4.78, 5) is 19.2. The lowest BCUT2D eigenvalue weighted by Gasteiger charge is -2.26. The quantitative estimate of drug-likeness (QED) is 0.768. The van der Waals surface area contributed by atoms with Gasteiger partial charge in [0.05, 0.1) is 5.69 Å². The maximum absolute atomic E-state index is 11.8. The van der Waals surface area contributed by atoms with E-state index >= 15 is 0 Å². The summed E-state index contributed by atoms with van der Waals surface area (Å²) in [5.74, 6) is 0.688. The van der Waals surface area contributed by atoms with Gasteiger partial charge in [0.25, 0.3) is 5.56 Å². The van der Waals surface area contributed by atoms with Gasteiger partial charge in [0.15, 0.2) is 0 Å². The SMILES string of the molecule is CCCNCc1cc(=O)[nH]c(C2(OC)CCCC2)n1. The van der Waals surface area contributed by atoms with Crippen molar-refractivity contribution in [3.05, 3.63) is 27.9 Å². The molecule has 0 unspecified atom stereocenters. The fourth-order valence-electron chi connectivity index (χ4n) is 2.69. The number of aromatic amines is 1. The maximum atomic E-state index is 11.8. The Bertz CT molecular complexity index is 464. The van der Waals surface area contributed by atoms with E-state index in [0.29, 0.717) is 12.4 Å². The number of hydrogen-bond donors (Lipinski definition) is 2. The van der Waals surface area contributed by atoms with Crippen LogP contribution in [0.1, 0.15) is 50.5 Å². The van der Waals surface area contributed by atoms with Gasteiger partial charge in [-0.25, -0.2) is 4.98 Å². The predicted molar refractivity (Wildman–Crippen MR) is 74.0 cm³/mol. The van der Waals surface area contributed by atoms with Crippen molar-refractivity contribution >= 4 is 0 Å². The lowest BCUT2D eigenvalue weighted by molar-refractivity contribution is -0.0166. The number of H-pyrrole nitrogens is 1. The topological polar surface area (TPSA) is 67.0 Å². The van der Waals surface area contributed by atoms with E-state index in [1.54, 1.807) is 13.2 Å². The number of hydrogen-bond acceptors (Lipinski definition) is 4. The molecule has 0 radical (unpaired) electrons. The molecule has 0 aromatic carbocycles. The van der Waals surface area contributed by atoms with Crippen LogP contribution in [0.2, 0.25) is 0 Å². The van der Waals surface area contributed by atoms with Gasteiger partial charge in [0, 0.05) is 19.7 Å². The fraction of sp³-hybridized carbons (Fsp3) is 0.714. The van der Waals surface area contributed by atoms with E-state index in [9.17, 15) is 4.79 Å². The molecule has 1 aliphatic rings. The standard InChI is InChI=1S/C14H23N3O2/c1-3-8-15-10-11-9-12(18)17-13(16-11)14(19-2)6-4-5-7-14/h9,15H,3-8,10H2,1-2H3,(H,16,17,18). The minimum Gasteiger partial charge on any atom is -0.370 e. The molecule has 0 saturated heterocycles. The van der Waals surface area contributed by atoms with Gasteiger partial charge < -0.3 is 15.0 Å². The van der Waals surface area contributed by atoms with Gasteiger partial charge in [0.1, 0.15) is 11.4 Å². The Hall–Kier alpha value is -1.20. The van der Waals surface area contributed by atoms with Crippen molar-refractivity contribution in [1.82, 2.24) is 15.3 Å². The zero-order valence-electron chi connectivity index (χ0n) is 11.8. The fourth-order valence-corrected chi connectivity index (χ4v) is 2.69. The molecule has 0 bridgehead atoms. The molecule has 2 rings (SSSR count). The second-order valence-electron chi connectivity index (χ2n) is 5.17. The second kappa shape index (κ2) is 6.30. The minimum absolute atomic E-state index is 0.0957. The number of nitrogens with zero attached hydrogens (tertiary/aromatic N) is 1. The van der Waals surface area contributed by atoms with Crippen LogP contribution in [0.3, 0.4) is 0 Å². The Kier molecular flexibility index (Phi) is 4.71. The zero-order chi connectivity index (χ0) is 13.7. The third-order valence-electron chi connectivity index (χ3n) is 3.76. The van der Waals surface area contributed by atoms with Crippen molar-refractivity contribution in [2.75, 3.05) is 13.7 Å². The van der Waals surface area contributed by atoms with Crippen molar-refractivity contribution in [2.24, 2.45) is 0 Å². The summed E-state index contributed by atoms with van der Waals surface area (Å²) in [6.45, 7) is 3.67. The molecule has 1 aliphatic carbocycles. The van der Waals surface area contributed by atoms with Crippen LogP contribution in [0.5, 0.6) is 0 Å². The molecule has 1 aromatic rings. The highest BCUT2D eigenvalue weighted by molar-refractivity contribution is 5.10. The average molecular weight is 265 g/mol. The second-order valence-corrected chi connectivity index (χ2v) is 5.17. The molecular weight excluding hydrogens is 242 g/mol. The Morgan fingerprint density at radius 1 is 1.47 bits per heavy atom. The summed E-state index contributed by atoms with van der Waals surface area (Å²) >= 11 is 0. The lowest BCUT2D eigenvalue weighted by atomic mass is 10.0. The van der Waals surface area contributed by atoms with E-state index < -0.39 is 0 Å². The molecule has 0 amide bonds. The first-order valence-corrected chi connectivity index (χ1v) is 7.07. The van der Waals surface area contributed by atoms with Crippen molar-refractivity contribution in [2.45, 2.75) is 51.2 Å². The van der Waals surface area contributed by atoms with Gasteiger partial charge in [-0.05, 0) is 38.6 Å². The molecule has 2 N–H and O–H groups in total. The van der Waals surface area contributed by atoms with Crippen LogP contribution in [0.25, 0.3) is 0 Å². The van der Waals surface area contributed by atoms with E-state index in [0.717, 1.165) is 44.3 Å². The van der Waals surface area contributed by atoms with E-state index in [4.69, 9.17) is 4.74 Å². The molecule has 106 valence electrons. The number of methoxy groups -OCH3 is 1. The van der Waals surface area contributed by atoms with Crippen LogP contribution in [0.4, 0.5) is 0 Å². The van der Waals surface area contributed by atoms with E-state index in [-0.39, 0.29) is 11.2 Å². The summed E-state index contributed by atoms with van der Waals surface area (Å²) in [6.07, 6.45) is 5.17. The highest BCUT2D eigenvalue weighted by atomic mass is 16.5. The van der Waals surface area contributed by atoms with Gasteiger partial charge in [-0.1, -0.05) is 6.92 Å². The van der Waals surface area contributed by atoms with Crippen molar-refractivity contribution < 1.29 is 4.74 Å². The third-order valence-corrected chi connectivity index (χ3v) is 3.76. The Morgan fingerprint density at radius 2 is 2.21 bits per heavy atom. The lowest BCUT2D eigenvalue weighted by Crippen LogP contribution is -2.31. The molecule has 5 nitrogen and oxygen atoms in total. The minimum atomic E-state index is -0.389. The Morgan fingerprint density at radius 3 is 2.84 bits per heavy atom. The number of aromatic nitrogens is 2. The highest BCUT2D eigenvalue weighted by Gasteiger charge is 2.38. The molecule has 1 aromatic heterocycles. The first-order chi connectivity index (χ1) is 9.20. The van der Waals surface area contributed by atoms with Crippen LogP contribution >= 0.6 is 0 Å². The van der Waals surface area contributed by atoms with Crippen LogP contribution < -0.4 is 10.9 Å². The van der Waals surface area contributed by atoms with Crippen LogP contribution in [0.15, 0.2) is 10.9 Å². The number of ether oxygens (including phenoxy) is 1. The smallest absolute Gasteiger partial charge is 0.251 e. The largest absolute Gasteiger partial charge is 0.370 e. The maximum Gasteiger partial charge on any atom is 0.251 e. The summed E-state index contributed by atoms with van der Waals surface area (Å²) in [6, 6.07) is 1.56. The molecule has 0 atom stereocenters. The van der Waals surface area contributed by atoms with E-state index in [1.807, 2.05) is 0 Å². The van der Waals surface area contributed by atoms with Gasteiger partial charge >= 0.3 is 0 Å². The molecule has 1 heterocycles. The van der Waals surface area contributed by atoms with Gasteiger partial charge in [-0.15, -0.1) is 0 Å². The Labute approximate surface area is 113 Å². The summed E-state index contributed by atoms with van der Waals surface area (Å²) < 4.78 is 5.67. The van der Waals surface area contributed by atoms with E-state index in [2.05, 4.69) is 22.2 Å². The van der Waals surface area contributed by atoms with Crippen LogP contribution in [-0.2, 0) is 16.9 Å². The molecule has 5 heteroatoms. The van der Waals surface area contributed by atoms with E-state index in [1.165, 1.54) is 0 Å². The van der Waals surface area contributed by atoms with Gasteiger partial charge in [0.2, 0.25) is 0 Å². The summed E-state index contributed by atoms with van der Waals surface area (Å²) in [5, 5.41) is 3.27.